The van der Waals surface area contributed by atoms with Crippen LogP contribution in [0.5, 0.6) is 0 Å². The molecular weight excluding hydrogens is 219 g/mol. The molecule has 0 aliphatic heterocycles. The molecule has 86 valence electrons. The Bertz CT molecular complexity index is 370. The van der Waals surface area contributed by atoms with Crippen molar-refractivity contribution >= 4 is 14.5 Å². The van der Waals surface area contributed by atoms with E-state index in [4.69, 9.17) is 9.05 Å². The predicted octanol–water partition coefficient (Wildman–Crippen LogP) is 4.14. The summed E-state index contributed by atoms with van der Waals surface area (Å²) in [5.74, 6) is 0. The number of rotatable bonds is 5. The van der Waals surface area contributed by atoms with Crippen molar-refractivity contribution < 1.29 is 9.05 Å². The van der Waals surface area contributed by atoms with Gasteiger partial charge in [0, 0.05) is 0 Å². The zero-order chi connectivity index (χ0) is 11.4. The fourth-order valence-electron chi connectivity index (χ4n) is 1.87. The maximum atomic E-state index is 5.71. The summed E-state index contributed by atoms with van der Waals surface area (Å²) >= 11 is 0. The maximum absolute atomic E-state index is 5.71. The monoisotopic (exact) mass is 236 g/mol. The number of benzene rings is 1. The lowest BCUT2D eigenvalue weighted by atomic mass is 10.1. The molecule has 1 aromatic carbocycles. The van der Waals surface area contributed by atoms with Gasteiger partial charge in [-0.3, -0.25) is 0 Å². The Kier molecular flexibility index (Phi) is 4.11. The Morgan fingerprint density at radius 2 is 1.81 bits per heavy atom. The predicted molar refractivity (Wildman–Crippen MR) is 68.4 cm³/mol. The van der Waals surface area contributed by atoms with Crippen LogP contribution in [0.4, 0.5) is 0 Å². The van der Waals surface area contributed by atoms with Gasteiger partial charge in [-0.05, 0) is 25.0 Å². The van der Waals surface area contributed by atoms with Crippen molar-refractivity contribution in [1.29, 1.82) is 0 Å². The van der Waals surface area contributed by atoms with Gasteiger partial charge in [-0.25, -0.2) is 0 Å². The fourth-order valence-corrected chi connectivity index (χ4v) is 3.46. The Balaban J connectivity index is 2.18. The molecule has 1 unspecified atom stereocenters. The van der Waals surface area contributed by atoms with Crippen molar-refractivity contribution in [2.24, 2.45) is 0 Å². The van der Waals surface area contributed by atoms with Gasteiger partial charge >= 0.3 is 0 Å². The lowest BCUT2D eigenvalue weighted by Gasteiger charge is -2.21. The molecule has 2 rings (SSSR count). The minimum atomic E-state index is -0.835. The molecule has 0 saturated heterocycles. The third-order valence-electron chi connectivity index (χ3n) is 2.51. The van der Waals surface area contributed by atoms with Crippen LogP contribution in [0.1, 0.15) is 30.6 Å². The van der Waals surface area contributed by atoms with Gasteiger partial charge in [0.25, 0.3) is 0 Å². The first-order valence-corrected chi connectivity index (χ1v) is 6.93. The summed E-state index contributed by atoms with van der Waals surface area (Å²) in [6.45, 7) is 5.44. The normalized spacial score (nSPS) is 18.1. The highest BCUT2D eigenvalue weighted by molar-refractivity contribution is 7.48. The summed E-state index contributed by atoms with van der Waals surface area (Å²) in [6, 6.07) is 8.43. The van der Waals surface area contributed by atoms with E-state index in [2.05, 4.69) is 36.4 Å². The first kappa shape index (κ1) is 11.8. The minimum absolute atomic E-state index is 0.297. The maximum Gasteiger partial charge on any atom is 0.182 e. The molecule has 0 bridgehead atoms. The highest BCUT2D eigenvalue weighted by Crippen LogP contribution is 2.56. The van der Waals surface area contributed by atoms with Crippen LogP contribution in [0.25, 0.3) is 6.08 Å². The standard InChI is InChI=1S/C13H17O2P/c1-3-14-16(15-4-2)13-10-9-11-7-5-6-8-12(11)13/h5-10,13H,3-4H2,1-2H3. The first-order chi connectivity index (χ1) is 7.86. The molecule has 1 atom stereocenters. The fraction of sp³-hybridized carbons (Fsp3) is 0.385. The second-order valence-electron chi connectivity index (χ2n) is 3.55. The van der Waals surface area contributed by atoms with Crippen molar-refractivity contribution in [2.75, 3.05) is 13.2 Å². The van der Waals surface area contributed by atoms with E-state index in [0.717, 1.165) is 0 Å². The van der Waals surface area contributed by atoms with E-state index in [0.29, 0.717) is 18.9 Å². The molecule has 0 amide bonds. The largest absolute Gasteiger partial charge is 0.334 e. The summed E-state index contributed by atoms with van der Waals surface area (Å²) in [6.07, 6.45) is 4.36. The molecule has 3 heteroatoms. The average Bonchev–Trinajstić information content (AvgIpc) is 2.72. The van der Waals surface area contributed by atoms with Crippen LogP contribution in [0.2, 0.25) is 0 Å². The molecule has 1 aliphatic carbocycles. The Morgan fingerprint density at radius 3 is 2.50 bits per heavy atom. The smallest absolute Gasteiger partial charge is 0.182 e. The van der Waals surface area contributed by atoms with Gasteiger partial charge in [-0.2, -0.15) is 0 Å². The zero-order valence-corrected chi connectivity index (χ0v) is 10.6. The van der Waals surface area contributed by atoms with Gasteiger partial charge in [0.2, 0.25) is 0 Å². The lowest BCUT2D eigenvalue weighted by molar-refractivity contribution is 0.266. The van der Waals surface area contributed by atoms with Crippen molar-refractivity contribution in [3.8, 4) is 0 Å². The van der Waals surface area contributed by atoms with E-state index in [-0.39, 0.29) is 0 Å². The van der Waals surface area contributed by atoms with E-state index in [9.17, 15) is 0 Å². The molecule has 0 N–H and O–H groups in total. The average molecular weight is 236 g/mol. The SMILES string of the molecule is CCOP(OCC)C1C=Cc2ccccc21. The molecule has 2 nitrogen and oxygen atoms in total. The van der Waals surface area contributed by atoms with E-state index in [1.165, 1.54) is 11.1 Å². The summed E-state index contributed by atoms with van der Waals surface area (Å²) in [5, 5.41) is 0. The van der Waals surface area contributed by atoms with E-state index >= 15 is 0 Å². The van der Waals surface area contributed by atoms with Gasteiger partial charge < -0.3 is 9.05 Å². The topological polar surface area (TPSA) is 18.5 Å². The van der Waals surface area contributed by atoms with Gasteiger partial charge in [0.15, 0.2) is 8.38 Å². The molecule has 0 radical (unpaired) electrons. The molecule has 0 saturated carbocycles. The summed E-state index contributed by atoms with van der Waals surface area (Å²) in [4.78, 5) is 0. The van der Waals surface area contributed by atoms with Gasteiger partial charge in [0.1, 0.15) is 0 Å². The van der Waals surface area contributed by atoms with Crippen LogP contribution in [-0.2, 0) is 9.05 Å². The molecule has 1 aromatic rings. The van der Waals surface area contributed by atoms with E-state index in [1.54, 1.807) is 0 Å². The zero-order valence-electron chi connectivity index (χ0n) is 9.72. The third-order valence-corrected chi connectivity index (χ3v) is 4.44. The third kappa shape index (κ3) is 2.35. The highest BCUT2D eigenvalue weighted by atomic mass is 31.2. The van der Waals surface area contributed by atoms with Gasteiger partial charge in [0.05, 0.1) is 18.9 Å². The second kappa shape index (κ2) is 5.58. The van der Waals surface area contributed by atoms with Crippen molar-refractivity contribution in [3.05, 3.63) is 41.5 Å². The molecule has 0 aromatic heterocycles. The lowest BCUT2D eigenvalue weighted by Crippen LogP contribution is -1.99. The van der Waals surface area contributed by atoms with E-state index in [1.807, 2.05) is 13.8 Å². The van der Waals surface area contributed by atoms with Crippen LogP contribution in [-0.4, -0.2) is 13.2 Å². The Labute approximate surface area is 98.2 Å². The van der Waals surface area contributed by atoms with Crippen molar-refractivity contribution in [1.82, 2.24) is 0 Å². The number of hydrogen-bond acceptors (Lipinski definition) is 2. The van der Waals surface area contributed by atoms with Crippen molar-refractivity contribution in [3.63, 3.8) is 0 Å². The summed E-state index contributed by atoms with van der Waals surface area (Å²) < 4.78 is 11.4. The van der Waals surface area contributed by atoms with Crippen LogP contribution < -0.4 is 0 Å². The Hall–Kier alpha value is -0.690. The number of fused-ring (bicyclic) bond motifs is 1. The second-order valence-corrected chi connectivity index (χ2v) is 5.20. The Morgan fingerprint density at radius 1 is 1.12 bits per heavy atom. The van der Waals surface area contributed by atoms with Gasteiger partial charge in [-0.15, -0.1) is 0 Å². The molecule has 16 heavy (non-hydrogen) atoms. The van der Waals surface area contributed by atoms with Crippen LogP contribution in [0, 0.1) is 0 Å². The molecule has 0 spiro atoms. The first-order valence-electron chi connectivity index (χ1n) is 5.69. The summed E-state index contributed by atoms with van der Waals surface area (Å²) in [7, 11) is -0.835. The quantitative estimate of drug-likeness (QED) is 0.715. The minimum Gasteiger partial charge on any atom is -0.334 e. The molecule has 0 fully saturated rings. The van der Waals surface area contributed by atoms with Crippen molar-refractivity contribution in [2.45, 2.75) is 19.5 Å². The van der Waals surface area contributed by atoms with E-state index < -0.39 is 8.38 Å². The number of hydrogen-bond donors (Lipinski definition) is 0. The molecule has 0 heterocycles. The highest BCUT2D eigenvalue weighted by Gasteiger charge is 2.27. The number of allylic oxidation sites excluding steroid dienone is 1. The molecule has 1 aliphatic rings. The van der Waals surface area contributed by atoms with Crippen LogP contribution in [0.15, 0.2) is 30.3 Å². The van der Waals surface area contributed by atoms with Crippen LogP contribution >= 0.6 is 8.38 Å². The summed E-state index contributed by atoms with van der Waals surface area (Å²) in [5.41, 5.74) is 2.92. The van der Waals surface area contributed by atoms with Gasteiger partial charge in [-0.1, -0.05) is 36.4 Å². The molecular formula is C13H17O2P. The van der Waals surface area contributed by atoms with Crippen LogP contribution in [0.3, 0.4) is 0 Å².